The molecular weight excluding hydrogens is 386 g/mol. The molecule has 27 heavy (non-hydrogen) atoms. The smallest absolute Gasteiger partial charge is 0.233 e. The van der Waals surface area contributed by atoms with E-state index in [1.807, 2.05) is 9.58 Å². The molecule has 1 unspecified atom stereocenters. The summed E-state index contributed by atoms with van der Waals surface area (Å²) in [6.07, 6.45) is 9.30. The Balaban J connectivity index is 1.44. The van der Waals surface area contributed by atoms with Gasteiger partial charge in [-0.3, -0.25) is 4.79 Å². The van der Waals surface area contributed by atoms with Crippen molar-refractivity contribution in [2.75, 3.05) is 17.3 Å². The summed E-state index contributed by atoms with van der Waals surface area (Å²) in [5.41, 5.74) is 0. The predicted octanol–water partition coefficient (Wildman–Crippen LogP) is 1.84. The summed E-state index contributed by atoms with van der Waals surface area (Å²) in [7, 11) is -3.02. The van der Waals surface area contributed by atoms with E-state index in [-0.39, 0.29) is 35.2 Å². The van der Waals surface area contributed by atoms with Gasteiger partial charge in [-0.25, -0.2) is 13.1 Å². The van der Waals surface area contributed by atoms with Gasteiger partial charge in [0.15, 0.2) is 9.84 Å². The Bertz CT molecular complexity index is 769. The number of hydrogen-bond donors (Lipinski definition) is 0. The lowest BCUT2D eigenvalue weighted by Crippen LogP contribution is -2.47. The van der Waals surface area contributed by atoms with Crippen molar-refractivity contribution in [1.29, 1.82) is 0 Å². The zero-order valence-corrected chi connectivity index (χ0v) is 17.1. The van der Waals surface area contributed by atoms with E-state index >= 15 is 0 Å². The number of amides is 1. The summed E-state index contributed by atoms with van der Waals surface area (Å²) in [6, 6.07) is 0.350. The van der Waals surface area contributed by atoms with Gasteiger partial charge in [0, 0.05) is 12.1 Å². The Morgan fingerprint density at radius 1 is 1.07 bits per heavy atom. The number of aromatic nitrogens is 4. The number of tetrazole rings is 1. The Hall–Kier alpha value is -1.16. The molecule has 150 valence electrons. The largest absolute Gasteiger partial charge is 0.335 e. The second kappa shape index (κ2) is 8.06. The second-order valence-corrected chi connectivity index (χ2v) is 11.1. The molecule has 3 aliphatic rings. The Kier molecular flexibility index (Phi) is 5.73. The average molecular weight is 414 g/mol. The van der Waals surface area contributed by atoms with Gasteiger partial charge in [0.2, 0.25) is 11.1 Å². The van der Waals surface area contributed by atoms with Gasteiger partial charge in [-0.05, 0) is 42.5 Å². The first-order valence-corrected chi connectivity index (χ1v) is 12.8. The molecule has 4 rings (SSSR count). The monoisotopic (exact) mass is 413 g/mol. The molecule has 2 heterocycles. The SMILES string of the molecule is O=C(CSc1nnnn1C1CCCC1)N(C1CCCC1)C1CCS(=O)(=O)C1. The number of rotatable bonds is 6. The van der Waals surface area contributed by atoms with Crippen LogP contribution in [0.15, 0.2) is 5.16 Å². The normalized spacial score (nSPS) is 26.0. The minimum atomic E-state index is -3.02. The summed E-state index contributed by atoms with van der Waals surface area (Å²) in [5.74, 6) is 0.594. The molecule has 1 aliphatic heterocycles. The van der Waals surface area contributed by atoms with Crippen molar-refractivity contribution in [3.8, 4) is 0 Å². The van der Waals surface area contributed by atoms with Crippen molar-refractivity contribution in [3.63, 3.8) is 0 Å². The molecule has 8 nitrogen and oxygen atoms in total. The van der Waals surface area contributed by atoms with Crippen LogP contribution in [0.4, 0.5) is 0 Å². The van der Waals surface area contributed by atoms with E-state index in [1.165, 1.54) is 24.6 Å². The van der Waals surface area contributed by atoms with Crippen LogP contribution in [0.1, 0.15) is 63.8 Å². The first-order valence-electron chi connectivity index (χ1n) is 9.96. The maximum atomic E-state index is 13.1. The van der Waals surface area contributed by atoms with Crippen molar-refractivity contribution >= 4 is 27.5 Å². The van der Waals surface area contributed by atoms with Crippen LogP contribution in [-0.4, -0.2) is 68.8 Å². The average Bonchev–Trinajstić information content (AvgIpc) is 3.41. The van der Waals surface area contributed by atoms with Gasteiger partial charge in [-0.2, -0.15) is 0 Å². The van der Waals surface area contributed by atoms with Crippen molar-refractivity contribution in [3.05, 3.63) is 0 Å². The number of nitrogens with zero attached hydrogens (tertiary/aromatic N) is 5. The van der Waals surface area contributed by atoms with Crippen molar-refractivity contribution in [1.82, 2.24) is 25.1 Å². The fourth-order valence-electron chi connectivity index (χ4n) is 4.74. The van der Waals surface area contributed by atoms with E-state index in [0.29, 0.717) is 17.6 Å². The van der Waals surface area contributed by atoms with Crippen LogP contribution in [0.5, 0.6) is 0 Å². The first kappa shape index (κ1) is 19.2. The number of carbonyl (C=O) groups excluding carboxylic acids is 1. The molecule has 0 radical (unpaired) electrons. The highest BCUT2D eigenvalue weighted by Crippen LogP contribution is 2.33. The molecule has 0 spiro atoms. The third-order valence-corrected chi connectivity index (χ3v) is 8.73. The van der Waals surface area contributed by atoms with Gasteiger partial charge < -0.3 is 4.90 Å². The Morgan fingerprint density at radius 3 is 2.44 bits per heavy atom. The van der Waals surface area contributed by atoms with Crippen molar-refractivity contribution in [2.24, 2.45) is 0 Å². The van der Waals surface area contributed by atoms with Gasteiger partial charge in [0.25, 0.3) is 0 Å². The number of carbonyl (C=O) groups is 1. The highest BCUT2D eigenvalue weighted by molar-refractivity contribution is 7.99. The minimum absolute atomic E-state index is 0.0231. The maximum absolute atomic E-state index is 13.1. The van der Waals surface area contributed by atoms with E-state index in [2.05, 4.69) is 15.5 Å². The molecule has 1 aromatic rings. The summed E-state index contributed by atoms with van der Waals surface area (Å²) < 4.78 is 25.8. The highest BCUT2D eigenvalue weighted by atomic mass is 32.2. The lowest BCUT2D eigenvalue weighted by atomic mass is 10.1. The molecule has 2 saturated carbocycles. The number of hydrogen-bond acceptors (Lipinski definition) is 7. The van der Waals surface area contributed by atoms with E-state index in [1.54, 1.807) is 0 Å². The number of sulfone groups is 1. The van der Waals surface area contributed by atoms with Gasteiger partial charge in [-0.15, -0.1) is 5.10 Å². The summed E-state index contributed by atoms with van der Waals surface area (Å²) >= 11 is 1.38. The Morgan fingerprint density at radius 2 is 1.78 bits per heavy atom. The van der Waals surface area contributed by atoms with Crippen LogP contribution in [-0.2, 0) is 14.6 Å². The van der Waals surface area contributed by atoms with Crippen LogP contribution < -0.4 is 0 Å². The molecule has 0 bridgehead atoms. The first-order chi connectivity index (χ1) is 13.0. The molecule has 1 aromatic heterocycles. The zero-order chi connectivity index (χ0) is 18.9. The van der Waals surface area contributed by atoms with Crippen LogP contribution in [0.3, 0.4) is 0 Å². The molecule has 10 heteroatoms. The maximum Gasteiger partial charge on any atom is 0.233 e. The van der Waals surface area contributed by atoms with Gasteiger partial charge in [0.05, 0.1) is 23.3 Å². The fourth-order valence-corrected chi connectivity index (χ4v) is 7.27. The van der Waals surface area contributed by atoms with E-state index < -0.39 is 9.84 Å². The molecule has 1 amide bonds. The van der Waals surface area contributed by atoms with Gasteiger partial charge >= 0.3 is 0 Å². The molecular formula is C17H27N5O3S2. The van der Waals surface area contributed by atoms with Crippen molar-refractivity contribution < 1.29 is 13.2 Å². The van der Waals surface area contributed by atoms with Gasteiger partial charge in [-0.1, -0.05) is 37.4 Å². The molecule has 1 saturated heterocycles. The third-order valence-electron chi connectivity index (χ3n) is 6.07. The highest BCUT2D eigenvalue weighted by Gasteiger charge is 2.39. The topological polar surface area (TPSA) is 98.1 Å². The van der Waals surface area contributed by atoms with Crippen LogP contribution >= 0.6 is 11.8 Å². The second-order valence-electron chi connectivity index (χ2n) is 7.93. The fraction of sp³-hybridized carbons (Fsp3) is 0.882. The van der Waals surface area contributed by atoms with Crippen LogP contribution in [0.25, 0.3) is 0 Å². The molecule has 1 atom stereocenters. The van der Waals surface area contributed by atoms with Crippen LogP contribution in [0, 0.1) is 0 Å². The minimum Gasteiger partial charge on any atom is -0.335 e. The predicted molar refractivity (Wildman–Crippen MR) is 102 cm³/mol. The van der Waals surface area contributed by atoms with Crippen LogP contribution in [0.2, 0.25) is 0 Å². The van der Waals surface area contributed by atoms with Gasteiger partial charge in [0.1, 0.15) is 0 Å². The summed E-state index contributed by atoms with van der Waals surface area (Å²) in [6.45, 7) is 0. The summed E-state index contributed by atoms with van der Waals surface area (Å²) in [5, 5.41) is 12.7. The Labute approximate surface area is 164 Å². The molecule has 2 aliphatic carbocycles. The lowest BCUT2D eigenvalue weighted by molar-refractivity contribution is -0.132. The van der Waals surface area contributed by atoms with E-state index in [0.717, 1.165) is 38.5 Å². The van der Waals surface area contributed by atoms with Crippen molar-refractivity contribution in [2.45, 2.75) is 81.1 Å². The third kappa shape index (κ3) is 4.31. The van der Waals surface area contributed by atoms with E-state index in [9.17, 15) is 13.2 Å². The lowest BCUT2D eigenvalue weighted by Gasteiger charge is -2.34. The van der Waals surface area contributed by atoms with E-state index in [4.69, 9.17) is 0 Å². The summed E-state index contributed by atoms with van der Waals surface area (Å²) in [4.78, 5) is 15.0. The molecule has 0 aromatic carbocycles. The zero-order valence-electron chi connectivity index (χ0n) is 15.5. The quantitative estimate of drug-likeness (QED) is 0.656. The molecule has 0 N–H and O–H groups in total. The number of thioether (sulfide) groups is 1. The standard InChI is InChI=1S/C17H27N5O3S2/c23-16(11-26-17-18-19-20-22(17)14-7-3-4-8-14)21(13-5-1-2-6-13)15-9-10-27(24,25)12-15/h13-15H,1-12H2. The molecule has 3 fully saturated rings.